The maximum Gasteiger partial charge on any atom is 0.256 e. The third kappa shape index (κ3) is 3.23. The number of carbonyl (C=O) groups excluding carboxylic acids is 2. The van der Waals surface area contributed by atoms with Crippen LogP contribution in [0.5, 0.6) is 0 Å². The summed E-state index contributed by atoms with van der Waals surface area (Å²) in [5.74, 6) is 1.49. The number of hydrogen-bond acceptors (Lipinski definition) is 6. The van der Waals surface area contributed by atoms with Crippen LogP contribution < -0.4 is 0 Å². The minimum absolute atomic E-state index is 0.0748. The van der Waals surface area contributed by atoms with Gasteiger partial charge in [0.05, 0.1) is 24.4 Å². The van der Waals surface area contributed by atoms with Gasteiger partial charge in [0.15, 0.2) is 5.84 Å². The van der Waals surface area contributed by atoms with E-state index in [0.717, 1.165) is 67.4 Å². The highest BCUT2D eigenvalue weighted by atomic mass is 16.3. The zero-order chi connectivity index (χ0) is 22.9. The van der Waals surface area contributed by atoms with Crippen LogP contribution >= 0.6 is 0 Å². The molecule has 0 N–H and O–H groups in total. The van der Waals surface area contributed by atoms with Crippen molar-refractivity contribution < 1.29 is 14.0 Å². The van der Waals surface area contributed by atoms with Crippen molar-refractivity contribution in [2.45, 2.75) is 37.6 Å². The van der Waals surface area contributed by atoms with E-state index in [9.17, 15) is 9.59 Å². The van der Waals surface area contributed by atoms with Gasteiger partial charge in [-0.2, -0.15) is 0 Å². The van der Waals surface area contributed by atoms with E-state index >= 15 is 0 Å². The Kier molecular flexibility index (Phi) is 4.22. The van der Waals surface area contributed by atoms with E-state index in [1.165, 1.54) is 0 Å². The molecule has 2 amide bonds. The van der Waals surface area contributed by atoms with Crippen LogP contribution in [-0.4, -0.2) is 62.6 Å². The summed E-state index contributed by atoms with van der Waals surface area (Å²) in [6.45, 7) is 2.09. The molecule has 0 bridgehead atoms. The molecule has 172 valence electrons. The highest BCUT2D eigenvalue weighted by molar-refractivity contribution is 6.15. The highest BCUT2D eigenvalue weighted by Gasteiger charge is 2.58. The minimum atomic E-state index is -0.593. The molecule has 2 aliphatic heterocycles. The summed E-state index contributed by atoms with van der Waals surface area (Å²) in [5.41, 5.74) is 2.58. The van der Waals surface area contributed by atoms with Gasteiger partial charge in [-0.25, -0.2) is 9.98 Å². The topological polar surface area (TPSA) is 91.9 Å². The number of rotatable bonds is 5. The van der Waals surface area contributed by atoms with Gasteiger partial charge in [0, 0.05) is 36.5 Å². The number of furan rings is 1. The van der Waals surface area contributed by atoms with Crippen LogP contribution in [0.2, 0.25) is 0 Å². The number of nitrogens with zero attached hydrogens (tertiary/aromatic N) is 5. The molecule has 0 radical (unpaired) electrons. The van der Waals surface area contributed by atoms with Crippen molar-refractivity contribution in [3.8, 4) is 11.3 Å². The Labute approximate surface area is 196 Å². The molecule has 8 heteroatoms. The van der Waals surface area contributed by atoms with E-state index in [4.69, 9.17) is 9.41 Å². The number of likely N-dealkylation sites (tertiary alicyclic amines) is 1. The number of aromatic nitrogens is 2. The van der Waals surface area contributed by atoms with Crippen molar-refractivity contribution in [1.29, 1.82) is 0 Å². The molecule has 8 nitrogen and oxygen atoms in total. The monoisotopic (exact) mass is 455 g/mol. The van der Waals surface area contributed by atoms with Crippen LogP contribution in [0.4, 0.5) is 0 Å². The average molecular weight is 456 g/mol. The first-order chi connectivity index (χ1) is 16.6. The lowest BCUT2D eigenvalue weighted by molar-refractivity contribution is -0.131. The predicted molar refractivity (Wildman–Crippen MR) is 125 cm³/mol. The summed E-state index contributed by atoms with van der Waals surface area (Å²) in [4.78, 5) is 43.6. The second kappa shape index (κ2) is 7.22. The third-order valence-corrected chi connectivity index (χ3v) is 7.54. The Morgan fingerprint density at radius 3 is 2.68 bits per heavy atom. The van der Waals surface area contributed by atoms with Crippen molar-refractivity contribution >= 4 is 28.6 Å². The van der Waals surface area contributed by atoms with Crippen LogP contribution in [0.15, 0.2) is 52.3 Å². The first kappa shape index (κ1) is 19.9. The molecule has 2 aliphatic carbocycles. The van der Waals surface area contributed by atoms with Crippen LogP contribution in [0, 0.1) is 11.8 Å². The second-order valence-corrected chi connectivity index (χ2v) is 10.1. The van der Waals surface area contributed by atoms with Gasteiger partial charge in [0.1, 0.15) is 16.8 Å². The van der Waals surface area contributed by atoms with Gasteiger partial charge in [0.25, 0.3) is 5.91 Å². The summed E-state index contributed by atoms with van der Waals surface area (Å²) >= 11 is 0. The van der Waals surface area contributed by atoms with Gasteiger partial charge in [-0.05, 0) is 62.3 Å². The Morgan fingerprint density at radius 1 is 1.09 bits per heavy atom. The van der Waals surface area contributed by atoms with Gasteiger partial charge in [-0.3, -0.25) is 19.5 Å². The fourth-order valence-corrected chi connectivity index (χ4v) is 5.21. The molecule has 4 aliphatic rings. The first-order valence-electron chi connectivity index (χ1n) is 12.1. The number of benzene rings is 1. The molecule has 3 fully saturated rings. The zero-order valence-electron chi connectivity index (χ0n) is 18.8. The number of amidine groups is 1. The van der Waals surface area contributed by atoms with E-state index in [1.807, 2.05) is 34.1 Å². The van der Waals surface area contributed by atoms with Gasteiger partial charge < -0.3 is 9.32 Å². The number of hydrogen-bond donors (Lipinski definition) is 0. The number of amides is 2. The highest BCUT2D eigenvalue weighted by Crippen LogP contribution is 2.46. The van der Waals surface area contributed by atoms with Crippen molar-refractivity contribution in [1.82, 2.24) is 19.8 Å². The van der Waals surface area contributed by atoms with Gasteiger partial charge >= 0.3 is 0 Å². The number of fused-ring (bicyclic) bond motifs is 1. The van der Waals surface area contributed by atoms with Gasteiger partial charge in [-0.15, -0.1) is 0 Å². The molecule has 2 saturated carbocycles. The summed E-state index contributed by atoms with van der Waals surface area (Å²) in [6, 6.07) is 7.85. The van der Waals surface area contributed by atoms with E-state index in [2.05, 4.69) is 9.97 Å². The Morgan fingerprint density at radius 2 is 1.91 bits per heavy atom. The molecule has 4 heterocycles. The fraction of sp³-hybridized carbons (Fsp3) is 0.423. The Balaban J connectivity index is 1.12. The molecule has 7 rings (SSSR count). The molecule has 2 aromatic heterocycles. The van der Waals surface area contributed by atoms with Crippen LogP contribution in [0.3, 0.4) is 0 Å². The van der Waals surface area contributed by atoms with E-state index in [-0.39, 0.29) is 23.7 Å². The predicted octanol–water partition coefficient (Wildman–Crippen LogP) is 3.27. The van der Waals surface area contributed by atoms with E-state index < -0.39 is 5.54 Å². The van der Waals surface area contributed by atoms with Crippen molar-refractivity contribution in [3.63, 3.8) is 0 Å². The summed E-state index contributed by atoms with van der Waals surface area (Å²) < 4.78 is 5.42. The largest absolute Gasteiger partial charge is 0.464 e. The lowest BCUT2D eigenvalue weighted by Crippen LogP contribution is -2.41. The lowest BCUT2D eigenvalue weighted by atomic mass is 10.1. The van der Waals surface area contributed by atoms with Crippen molar-refractivity contribution in [2.24, 2.45) is 16.8 Å². The second-order valence-electron chi connectivity index (χ2n) is 10.1. The number of carbonyl (C=O) groups is 2. The van der Waals surface area contributed by atoms with Crippen molar-refractivity contribution in [2.75, 3.05) is 19.6 Å². The minimum Gasteiger partial charge on any atom is -0.464 e. The maximum absolute atomic E-state index is 13.3. The standard InChI is InChI=1S/C26H25N5O3/c32-24(17-1-2-17)30-9-5-16(14-30)15-31-23(29-26(7-8-26)25(31)33)21-13-27-20(12-28-21)18-3-4-22-19(11-18)6-10-34-22/h3-4,6,10-13,16-17H,1-2,5,7-9,14-15H2/t16-/m1/s1. The molecule has 1 aromatic carbocycles. The normalized spacial score (nSPS) is 23.2. The van der Waals surface area contributed by atoms with Crippen molar-refractivity contribution in [3.05, 3.63) is 48.6 Å². The molecule has 3 aromatic rings. The van der Waals surface area contributed by atoms with E-state index in [0.29, 0.717) is 18.1 Å². The Hall–Kier alpha value is -3.55. The molecular weight excluding hydrogens is 430 g/mol. The summed E-state index contributed by atoms with van der Waals surface area (Å²) in [6.07, 6.45) is 9.68. The smallest absolute Gasteiger partial charge is 0.256 e. The summed E-state index contributed by atoms with van der Waals surface area (Å²) in [7, 11) is 0. The van der Waals surface area contributed by atoms with Gasteiger partial charge in [-0.1, -0.05) is 0 Å². The van der Waals surface area contributed by atoms with Crippen LogP contribution in [-0.2, 0) is 9.59 Å². The first-order valence-corrected chi connectivity index (χ1v) is 12.1. The quantitative estimate of drug-likeness (QED) is 0.589. The SMILES string of the molecule is O=C(C1CC1)N1CC[C@@H](CN2C(=O)C3(CC3)N=C2c2cnc(-c3ccc4occc4c3)cn2)C1. The third-order valence-electron chi connectivity index (χ3n) is 7.54. The average Bonchev–Trinajstić information content (AvgIpc) is 3.74. The molecule has 0 unspecified atom stereocenters. The molecule has 1 saturated heterocycles. The maximum atomic E-state index is 13.3. The molecule has 34 heavy (non-hydrogen) atoms. The van der Waals surface area contributed by atoms with Crippen LogP contribution in [0.1, 0.15) is 37.8 Å². The van der Waals surface area contributed by atoms with Crippen LogP contribution in [0.25, 0.3) is 22.2 Å². The molecule has 1 spiro atoms. The Bertz CT molecular complexity index is 1340. The van der Waals surface area contributed by atoms with E-state index in [1.54, 1.807) is 18.7 Å². The number of aliphatic imine (C=N–C) groups is 1. The molecule has 1 atom stereocenters. The molecular formula is C26H25N5O3. The summed E-state index contributed by atoms with van der Waals surface area (Å²) in [5, 5.41) is 1.02. The lowest BCUT2D eigenvalue weighted by Gasteiger charge is -2.23. The zero-order valence-corrected chi connectivity index (χ0v) is 18.8. The van der Waals surface area contributed by atoms with Gasteiger partial charge in [0.2, 0.25) is 5.91 Å². The fourth-order valence-electron chi connectivity index (χ4n) is 5.21.